The minimum atomic E-state index is -0.284. The molecule has 1 aromatic carbocycles. The molecule has 1 aliphatic heterocycles. The van der Waals surface area contributed by atoms with Crippen molar-refractivity contribution < 1.29 is 9.84 Å². The van der Waals surface area contributed by atoms with Crippen molar-refractivity contribution in [1.82, 2.24) is 0 Å². The molecule has 1 aliphatic carbocycles. The fourth-order valence-corrected chi connectivity index (χ4v) is 4.60. The molecule has 0 unspecified atom stereocenters. The maximum atomic E-state index is 9.91. The quantitative estimate of drug-likeness (QED) is 0.449. The van der Waals surface area contributed by atoms with E-state index in [0.29, 0.717) is 3.92 Å². The first-order valence-corrected chi connectivity index (χ1v) is 8.05. The van der Waals surface area contributed by atoms with Crippen molar-refractivity contribution in [2.24, 2.45) is 5.41 Å². The third-order valence-corrected chi connectivity index (χ3v) is 6.58. The van der Waals surface area contributed by atoms with Crippen LogP contribution in [0.25, 0.3) is 0 Å². The van der Waals surface area contributed by atoms with Gasteiger partial charge >= 0.3 is 0 Å². The van der Waals surface area contributed by atoms with Gasteiger partial charge < -0.3 is 9.84 Å². The Morgan fingerprint density at radius 3 is 2.94 bits per heavy atom. The van der Waals surface area contributed by atoms with Crippen molar-refractivity contribution in [3.05, 3.63) is 46.5 Å². The molecular weight excluding hydrogens is 407 g/mol. The lowest BCUT2D eigenvalue weighted by atomic mass is 9.75. The number of fused-ring (bicyclic) bond motifs is 2. The van der Waals surface area contributed by atoms with E-state index in [9.17, 15) is 5.11 Å². The van der Waals surface area contributed by atoms with Crippen LogP contribution in [0.5, 0.6) is 0 Å². The van der Waals surface area contributed by atoms with Crippen molar-refractivity contribution >= 4 is 38.5 Å². The van der Waals surface area contributed by atoms with Crippen LogP contribution in [0.4, 0.5) is 0 Å². The summed E-state index contributed by atoms with van der Waals surface area (Å²) >= 11 is 6.01. The van der Waals surface area contributed by atoms with Gasteiger partial charge in [0.25, 0.3) is 0 Å². The molecule has 1 heterocycles. The molecule has 2 nitrogen and oxygen atoms in total. The van der Waals surface area contributed by atoms with Gasteiger partial charge in [0, 0.05) is 4.47 Å². The minimum Gasteiger partial charge on any atom is -0.395 e. The summed E-state index contributed by atoms with van der Waals surface area (Å²) in [5.74, 6) is 0. The van der Waals surface area contributed by atoms with E-state index in [1.807, 2.05) is 18.2 Å². The fourth-order valence-electron chi connectivity index (χ4n) is 2.91. The van der Waals surface area contributed by atoms with Crippen LogP contribution in [-0.4, -0.2) is 21.7 Å². The molecule has 2 aliphatic rings. The lowest BCUT2D eigenvalue weighted by Gasteiger charge is -2.34. The van der Waals surface area contributed by atoms with Crippen LogP contribution in [-0.2, 0) is 4.74 Å². The molecule has 0 aromatic heterocycles. The van der Waals surface area contributed by atoms with Gasteiger partial charge in [-0.05, 0) is 18.1 Å². The van der Waals surface area contributed by atoms with E-state index in [4.69, 9.17) is 4.74 Å². The van der Waals surface area contributed by atoms with Crippen molar-refractivity contribution in [2.75, 3.05) is 6.61 Å². The summed E-state index contributed by atoms with van der Waals surface area (Å²) in [4.78, 5) is 0. The Bertz CT molecular complexity index is 490. The molecule has 0 radical (unpaired) electrons. The summed E-state index contributed by atoms with van der Waals surface area (Å²) in [7, 11) is 0. The normalized spacial score (nSPS) is 38.1. The summed E-state index contributed by atoms with van der Waals surface area (Å²) < 4.78 is 7.57. The number of alkyl halides is 1. The number of halogens is 2. The molecule has 0 spiro atoms. The molecule has 96 valence electrons. The van der Waals surface area contributed by atoms with E-state index in [1.54, 1.807) is 0 Å². The van der Waals surface area contributed by atoms with E-state index in [2.05, 4.69) is 56.7 Å². The molecule has 2 bridgehead atoms. The van der Waals surface area contributed by atoms with Crippen LogP contribution >= 0.6 is 38.5 Å². The second kappa shape index (κ2) is 4.89. The summed E-state index contributed by atoms with van der Waals surface area (Å²) in [5, 5.41) is 9.91. The van der Waals surface area contributed by atoms with E-state index >= 15 is 0 Å². The van der Waals surface area contributed by atoms with Crippen LogP contribution in [0.2, 0.25) is 0 Å². The number of aliphatic hydroxyl groups excluding tert-OH is 1. The summed E-state index contributed by atoms with van der Waals surface area (Å²) in [5.41, 5.74) is 0.843. The Kier molecular flexibility index (Phi) is 3.55. The van der Waals surface area contributed by atoms with Crippen LogP contribution in [0.15, 0.2) is 40.9 Å². The van der Waals surface area contributed by atoms with Crippen LogP contribution in [0, 0.1) is 5.41 Å². The number of ether oxygens (including phenoxy) is 1. The van der Waals surface area contributed by atoms with Gasteiger partial charge in [-0.15, -0.1) is 0 Å². The van der Waals surface area contributed by atoms with Crippen LogP contribution in [0.3, 0.4) is 0 Å². The second-order valence-electron chi connectivity index (χ2n) is 4.89. The maximum Gasteiger partial charge on any atom is 0.0964 e. The standard InChI is InChI=1S/C14H14BrIO2/c15-10-5-2-1-4-9(10)13-14(8-17)7-3-6-11(18-13)12(14)16/h1-5,7,11-13,17H,6,8H2/t11-,12+,13+,14-/m0/s1. The number of benzene rings is 1. The smallest absolute Gasteiger partial charge is 0.0964 e. The van der Waals surface area contributed by atoms with Gasteiger partial charge in [-0.25, -0.2) is 0 Å². The lowest BCUT2D eigenvalue weighted by Crippen LogP contribution is -2.38. The predicted molar refractivity (Wildman–Crippen MR) is 82.8 cm³/mol. The highest BCUT2D eigenvalue weighted by atomic mass is 127. The zero-order valence-electron chi connectivity index (χ0n) is 9.72. The minimum absolute atomic E-state index is 0.0660. The molecule has 4 heteroatoms. The highest BCUT2D eigenvalue weighted by Crippen LogP contribution is 2.56. The Morgan fingerprint density at radius 2 is 2.22 bits per heavy atom. The molecule has 1 aromatic rings. The number of rotatable bonds is 2. The van der Waals surface area contributed by atoms with Crippen molar-refractivity contribution in [3.63, 3.8) is 0 Å². The molecule has 18 heavy (non-hydrogen) atoms. The van der Waals surface area contributed by atoms with Crippen LogP contribution < -0.4 is 0 Å². The number of aliphatic hydroxyl groups is 1. The van der Waals surface area contributed by atoms with Gasteiger partial charge in [0.05, 0.1) is 28.2 Å². The van der Waals surface area contributed by atoms with E-state index in [-0.39, 0.29) is 24.2 Å². The SMILES string of the molecule is OC[C@]12C=CC[C@H](O[C@@H]1c1ccccc1Br)[C@H]2I. The van der Waals surface area contributed by atoms with Gasteiger partial charge in [-0.2, -0.15) is 0 Å². The molecule has 1 saturated heterocycles. The van der Waals surface area contributed by atoms with Gasteiger partial charge in [0.1, 0.15) is 0 Å². The van der Waals surface area contributed by atoms with Crippen molar-refractivity contribution in [2.45, 2.75) is 22.6 Å². The lowest BCUT2D eigenvalue weighted by molar-refractivity contribution is 0.0125. The second-order valence-corrected chi connectivity index (χ2v) is 7.08. The molecule has 3 rings (SSSR count). The fraction of sp³-hybridized carbons (Fsp3) is 0.429. The Hall–Kier alpha value is 0.0900. The van der Waals surface area contributed by atoms with Gasteiger partial charge in [0.15, 0.2) is 0 Å². The van der Waals surface area contributed by atoms with E-state index in [1.165, 1.54) is 0 Å². The highest BCUT2D eigenvalue weighted by Gasteiger charge is 2.55. The average Bonchev–Trinajstić information content (AvgIpc) is 2.56. The monoisotopic (exact) mass is 420 g/mol. The first-order chi connectivity index (χ1) is 8.69. The topological polar surface area (TPSA) is 29.5 Å². The van der Waals surface area contributed by atoms with Crippen molar-refractivity contribution in [1.29, 1.82) is 0 Å². The molecule has 0 saturated carbocycles. The Balaban J connectivity index is 2.08. The predicted octanol–water partition coefficient (Wildman–Crippen LogP) is 3.63. The van der Waals surface area contributed by atoms with E-state index in [0.717, 1.165) is 16.5 Å². The molecule has 0 amide bonds. The number of hydrogen-bond acceptors (Lipinski definition) is 2. The largest absolute Gasteiger partial charge is 0.395 e. The summed E-state index contributed by atoms with van der Waals surface area (Å²) in [6.07, 6.45) is 5.38. The Labute approximate surface area is 129 Å². The van der Waals surface area contributed by atoms with Gasteiger partial charge in [-0.1, -0.05) is 68.9 Å². The highest BCUT2D eigenvalue weighted by molar-refractivity contribution is 14.1. The molecule has 1 fully saturated rings. The van der Waals surface area contributed by atoms with E-state index < -0.39 is 0 Å². The van der Waals surface area contributed by atoms with Crippen LogP contribution in [0.1, 0.15) is 18.1 Å². The summed E-state index contributed by atoms with van der Waals surface area (Å²) in [6, 6.07) is 8.11. The van der Waals surface area contributed by atoms with Gasteiger partial charge in [-0.3, -0.25) is 0 Å². The summed E-state index contributed by atoms with van der Waals surface area (Å²) in [6.45, 7) is 0.125. The molecule has 1 N–H and O–H groups in total. The number of hydrogen-bond donors (Lipinski definition) is 1. The van der Waals surface area contributed by atoms with Gasteiger partial charge in [0.2, 0.25) is 0 Å². The Morgan fingerprint density at radius 1 is 1.44 bits per heavy atom. The third-order valence-electron chi connectivity index (χ3n) is 3.90. The first kappa shape index (κ1) is 13.1. The molecule has 4 atom stereocenters. The zero-order valence-corrected chi connectivity index (χ0v) is 13.5. The van der Waals surface area contributed by atoms with Crippen molar-refractivity contribution in [3.8, 4) is 0 Å². The zero-order chi connectivity index (χ0) is 12.8. The maximum absolute atomic E-state index is 9.91. The third kappa shape index (κ3) is 1.80. The molecular formula is C14H14BrIO2. The first-order valence-electron chi connectivity index (χ1n) is 6.01. The average molecular weight is 421 g/mol.